The molecule has 4 aromatic rings. The van der Waals surface area contributed by atoms with Crippen LogP contribution in [-0.2, 0) is 91.2 Å². The number of hydrogen-bond acceptors (Lipinski definition) is 19. The van der Waals surface area contributed by atoms with Crippen LogP contribution in [0.15, 0.2) is 67.3 Å². The van der Waals surface area contributed by atoms with E-state index >= 15 is 4.79 Å². The number of aromatic amines is 2. The summed E-state index contributed by atoms with van der Waals surface area (Å²) in [7, 11) is 0. The number of nitrogens with one attached hydrogen (secondary N) is 12. The minimum absolute atomic E-state index is 0.00679. The number of carbonyl (C=O) groups excluding carboxylic acids is 14. The van der Waals surface area contributed by atoms with E-state index in [9.17, 15) is 77.3 Å². The highest BCUT2D eigenvalue weighted by molar-refractivity contribution is 6.00. The van der Waals surface area contributed by atoms with Gasteiger partial charge in [0.05, 0.1) is 18.9 Å². The van der Waals surface area contributed by atoms with Gasteiger partial charge in [0.15, 0.2) is 0 Å². The number of carboxylic acid groups (broad SMARTS) is 1. The molecular formula is C81H121N19O17. The van der Waals surface area contributed by atoms with Crippen molar-refractivity contribution in [3.63, 3.8) is 0 Å². The number of phenols is 1. The molecule has 642 valence electrons. The van der Waals surface area contributed by atoms with Crippen molar-refractivity contribution in [3.05, 3.63) is 84.1 Å². The van der Waals surface area contributed by atoms with Crippen molar-refractivity contribution in [2.45, 2.75) is 268 Å². The van der Waals surface area contributed by atoms with Crippen molar-refractivity contribution in [1.29, 1.82) is 0 Å². The van der Waals surface area contributed by atoms with Gasteiger partial charge in [-0.25, -0.2) is 9.78 Å². The molecule has 1 saturated carbocycles. The summed E-state index contributed by atoms with van der Waals surface area (Å²) >= 11 is 0. The number of aliphatic carboxylic acids is 1. The van der Waals surface area contributed by atoms with Crippen LogP contribution in [0.5, 0.6) is 5.75 Å². The molecule has 3 fully saturated rings. The number of carbonyl (C=O) groups is 15. The van der Waals surface area contributed by atoms with Crippen molar-refractivity contribution >= 4 is 99.6 Å². The van der Waals surface area contributed by atoms with E-state index in [4.69, 9.17) is 22.9 Å². The molecular weight excluding hydrogens is 1510 g/mol. The average Bonchev–Trinajstić information content (AvgIpc) is 1.54. The van der Waals surface area contributed by atoms with E-state index in [0.717, 1.165) is 43.0 Å². The molecule has 7 rings (SSSR count). The second-order valence-electron chi connectivity index (χ2n) is 31.8. The number of carboxylic acids is 1. The summed E-state index contributed by atoms with van der Waals surface area (Å²) in [4.78, 5) is 223. The summed E-state index contributed by atoms with van der Waals surface area (Å²) in [5.41, 5.74) is 25.9. The lowest BCUT2D eigenvalue weighted by atomic mass is 9.85. The Hall–Kier alpha value is -11.0. The number of aromatic hydroxyl groups is 1. The van der Waals surface area contributed by atoms with E-state index in [1.807, 2.05) is 31.2 Å². The quantitative estimate of drug-likeness (QED) is 0.0266. The predicted octanol–water partition coefficient (Wildman–Crippen LogP) is 0.411. The second kappa shape index (κ2) is 46.6. The normalized spacial score (nSPS) is 17.5. The molecule has 36 nitrogen and oxygen atoms in total. The number of nitrogens with two attached hydrogens (primary N) is 4. The number of para-hydroxylation sites is 1. The first-order valence-electron chi connectivity index (χ1n) is 41.0. The van der Waals surface area contributed by atoms with Gasteiger partial charge in [-0.15, -0.1) is 0 Å². The first-order valence-corrected chi connectivity index (χ1v) is 41.0. The van der Waals surface area contributed by atoms with Gasteiger partial charge < -0.3 is 106 Å². The molecule has 22 N–H and O–H groups in total. The Morgan fingerprint density at radius 2 is 1.03 bits per heavy atom. The summed E-state index contributed by atoms with van der Waals surface area (Å²) in [6.45, 7) is 8.56. The lowest BCUT2D eigenvalue weighted by Gasteiger charge is -2.31. The zero-order valence-electron chi connectivity index (χ0n) is 67.7. The molecule has 2 saturated heterocycles. The van der Waals surface area contributed by atoms with Gasteiger partial charge >= 0.3 is 5.97 Å². The molecule has 3 aliphatic rings. The van der Waals surface area contributed by atoms with Crippen LogP contribution in [0, 0.1) is 17.8 Å². The fraction of sp³-hybridized carbons (Fsp3) is 0.605. The number of nitrogens with zero attached hydrogens (tertiary/aromatic N) is 3. The molecule has 36 heteroatoms. The third-order valence-corrected chi connectivity index (χ3v) is 21.4. The van der Waals surface area contributed by atoms with Crippen LogP contribution in [0.25, 0.3) is 10.9 Å². The number of H-pyrrole nitrogens is 2. The molecule has 2 aromatic carbocycles. The Morgan fingerprint density at radius 3 is 1.60 bits per heavy atom. The van der Waals surface area contributed by atoms with Gasteiger partial charge in [-0.05, 0) is 137 Å². The van der Waals surface area contributed by atoms with Gasteiger partial charge in [-0.1, -0.05) is 110 Å². The Kier molecular flexibility index (Phi) is 37.1. The fourth-order valence-electron chi connectivity index (χ4n) is 15.2. The standard InChI is InChI=1S/C81H121N19O17/c1-6-7-20-56(71(106)98-64(81(116)117)39-49-25-27-52(101)28-26-49)92-78(113)66-24-16-35-100(66)80(115)59(30-32-68(85)103)90-69(104)44-88-77(112)65-23-15-34-99(65)79(114)58(22-13-14-33-82)93-74(109)61(37-47(4)5)95-72(107)57(29-31-67(84)102)91-73(108)60(36-46(2)3)96-75(110)62(40-50-42-87-55-21-12-11-19-53(50)55)97-76(111)63(41-51-43-86-45-89-51)94-70(105)54(83)38-48-17-9-8-10-18-48/h11-12,19,21,25-28,42-43,45-48,54,56-66,87,101H,6-10,13-18,20,22-24,29-41,44,82-83H2,1-5H3,(H2,84,102)(H2,85,103)(H,86,89)(H,88,112)(H,90,104)(H,91,108)(H,92,113)(H,93,109)(H,94,105)(H,95,107)(H,96,110)(H,97,111)(H,98,106)(H,116,117)/t54-,56-,57-,58-,59-,60-,61-,62-,63-,64-,65-,66-/m0/s1. The lowest BCUT2D eigenvalue weighted by molar-refractivity contribution is -0.144. The molecule has 2 aromatic heterocycles. The smallest absolute Gasteiger partial charge is 0.326 e. The molecule has 1 aliphatic carbocycles. The first kappa shape index (κ1) is 93.1. The summed E-state index contributed by atoms with van der Waals surface area (Å²) in [5.74, 6) is -12.7. The number of rotatable bonds is 48. The maximum Gasteiger partial charge on any atom is 0.326 e. The van der Waals surface area contributed by atoms with Crippen LogP contribution in [0.4, 0.5) is 0 Å². The SMILES string of the molecule is CCCC[C@H](NC(=O)[C@@H]1CCCN1C(=O)[C@H](CCC(N)=O)NC(=O)CNC(=O)[C@@H]1CCCN1C(=O)[C@H](CCCCN)NC(=O)[C@H](CC(C)C)NC(=O)[C@H](CCC(N)=O)NC(=O)[C@H](CC(C)C)NC(=O)[C@H](Cc1c[nH]c2ccccc12)NC(=O)[C@H](Cc1cnc[nH]1)NC(=O)[C@@H](N)CC1CCCCC1)C(=O)N[C@@H](Cc1ccc(O)cc1)C(=O)O. The molecule has 117 heavy (non-hydrogen) atoms. The molecule has 14 amide bonds. The van der Waals surface area contributed by atoms with Crippen LogP contribution in [0.1, 0.15) is 193 Å². The summed E-state index contributed by atoms with van der Waals surface area (Å²) < 4.78 is 0. The number of unbranched alkanes of at least 4 members (excludes halogenated alkanes) is 2. The molecule has 2 aliphatic heterocycles. The number of phenolic OH excluding ortho intramolecular Hbond substituents is 1. The highest BCUT2D eigenvalue weighted by Crippen LogP contribution is 2.28. The Balaban J connectivity index is 1.02. The number of hydrogen-bond donors (Lipinski definition) is 18. The third-order valence-electron chi connectivity index (χ3n) is 21.4. The highest BCUT2D eigenvalue weighted by Gasteiger charge is 2.43. The molecule has 4 heterocycles. The van der Waals surface area contributed by atoms with Crippen LogP contribution < -0.4 is 76.1 Å². The number of amides is 14. The number of primary amides is 2. The summed E-state index contributed by atoms with van der Waals surface area (Å²) in [6.07, 6.45) is 11.1. The van der Waals surface area contributed by atoms with Crippen LogP contribution in [0.2, 0.25) is 0 Å². The van der Waals surface area contributed by atoms with E-state index in [-0.39, 0.29) is 120 Å². The van der Waals surface area contributed by atoms with E-state index in [1.54, 1.807) is 33.9 Å². The van der Waals surface area contributed by atoms with Gasteiger partial charge in [0.25, 0.3) is 0 Å². The molecule has 0 spiro atoms. The second-order valence-corrected chi connectivity index (χ2v) is 31.8. The van der Waals surface area contributed by atoms with Crippen LogP contribution in [0.3, 0.4) is 0 Å². The maximum atomic E-state index is 15.0. The molecule has 0 bridgehead atoms. The van der Waals surface area contributed by atoms with Gasteiger partial charge in [0.2, 0.25) is 82.7 Å². The van der Waals surface area contributed by atoms with E-state index in [2.05, 4.69) is 68.1 Å². The fourth-order valence-corrected chi connectivity index (χ4v) is 15.2. The largest absolute Gasteiger partial charge is 0.508 e. The highest BCUT2D eigenvalue weighted by atomic mass is 16.4. The molecule has 0 unspecified atom stereocenters. The van der Waals surface area contributed by atoms with E-state index in [1.165, 1.54) is 46.6 Å². The maximum absolute atomic E-state index is 15.0. The van der Waals surface area contributed by atoms with Crippen LogP contribution >= 0.6 is 0 Å². The number of aromatic nitrogens is 3. The minimum Gasteiger partial charge on any atom is -0.508 e. The lowest BCUT2D eigenvalue weighted by Crippen LogP contribution is -2.61. The Labute approximate surface area is 681 Å². The van der Waals surface area contributed by atoms with Crippen molar-refractivity contribution in [2.24, 2.45) is 40.7 Å². The molecule has 12 atom stereocenters. The van der Waals surface area contributed by atoms with Gasteiger partial charge in [-0.2, -0.15) is 0 Å². The monoisotopic (exact) mass is 1630 g/mol. The summed E-state index contributed by atoms with van der Waals surface area (Å²) in [5, 5.41) is 47.5. The number of imidazole rings is 1. The number of likely N-dealkylation sites (tertiary alicyclic amines) is 2. The zero-order chi connectivity index (χ0) is 85.4. The Morgan fingerprint density at radius 1 is 0.530 bits per heavy atom. The van der Waals surface area contributed by atoms with Crippen molar-refractivity contribution in [2.75, 3.05) is 26.2 Å². The number of fused-ring (bicyclic) bond motifs is 1. The topological polar surface area (TPSA) is 572 Å². The average molecular weight is 1630 g/mol. The zero-order valence-corrected chi connectivity index (χ0v) is 67.7. The van der Waals surface area contributed by atoms with Crippen molar-refractivity contribution < 1.29 is 82.1 Å². The number of benzene rings is 2. The Bertz CT molecular complexity index is 4040. The minimum atomic E-state index is -1.56. The van der Waals surface area contributed by atoms with Gasteiger partial charge in [-0.3, -0.25) is 67.1 Å². The van der Waals surface area contributed by atoms with E-state index in [0.29, 0.717) is 61.8 Å². The third kappa shape index (κ3) is 29.6. The van der Waals surface area contributed by atoms with Crippen molar-refractivity contribution in [1.82, 2.24) is 77.9 Å². The summed E-state index contributed by atoms with van der Waals surface area (Å²) in [6, 6.07) is -2.53. The van der Waals surface area contributed by atoms with Gasteiger partial charge in [0.1, 0.15) is 72.2 Å². The van der Waals surface area contributed by atoms with E-state index < -0.39 is 174 Å². The van der Waals surface area contributed by atoms with Crippen molar-refractivity contribution in [3.8, 4) is 5.75 Å². The predicted molar refractivity (Wildman–Crippen MR) is 431 cm³/mol. The first-order chi connectivity index (χ1) is 55.8. The molecule has 0 radical (unpaired) electrons. The van der Waals surface area contributed by atoms with Gasteiger partial charge in [0, 0.05) is 74.2 Å². The van der Waals surface area contributed by atoms with Crippen LogP contribution in [-0.4, -0.2) is 222 Å².